The summed E-state index contributed by atoms with van der Waals surface area (Å²) in [5.41, 5.74) is 0.771. The van der Waals surface area contributed by atoms with Crippen molar-refractivity contribution in [3.63, 3.8) is 0 Å². The fourth-order valence-corrected chi connectivity index (χ4v) is 3.07. The third kappa shape index (κ3) is 3.97. The van der Waals surface area contributed by atoms with Gasteiger partial charge in [0, 0.05) is 32.9 Å². The van der Waals surface area contributed by atoms with Gasteiger partial charge in [-0.2, -0.15) is 0 Å². The number of aliphatic hydroxyl groups excluding tert-OH is 1. The number of hydrogen-bond donors (Lipinski definition) is 1. The first-order chi connectivity index (χ1) is 7.95. The summed E-state index contributed by atoms with van der Waals surface area (Å²) < 4.78 is 0.726. The standard InChI is InChI=1S/C11H14BrNO3S/c1-7-5-11(17-8(2)3-4-14)9(12)6-10(7)13(15)16/h5-6,8,14H,3-4H2,1-2H3. The van der Waals surface area contributed by atoms with Crippen molar-refractivity contribution in [2.45, 2.75) is 30.4 Å². The van der Waals surface area contributed by atoms with E-state index in [0.29, 0.717) is 12.0 Å². The van der Waals surface area contributed by atoms with E-state index >= 15 is 0 Å². The number of aliphatic hydroxyl groups is 1. The van der Waals surface area contributed by atoms with Crippen LogP contribution in [0.1, 0.15) is 18.9 Å². The summed E-state index contributed by atoms with van der Waals surface area (Å²) in [6, 6.07) is 3.34. The Morgan fingerprint density at radius 1 is 1.59 bits per heavy atom. The predicted octanol–water partition coefficient (Wildman–Crippen LogP) is 3.53. The normalized spacial score (nSPS) is 12.5. The number of halogens is 1. The van der Waals surface area contributed by atoms with Gasteiger partial charge < -0.3 is 5.11 Å². The average molecular weight is 320 g/mol. The molecule has 0 aromatic heterocycles. The summed E-state index contributed by atoms with van der Waals surface area (Å²) in [5.74, 6) is 0. The second-order valence-electron chi connectivity index (χ2n) is 3.77. The molecule has 1 unspecified atom stereocenters. The van der Waals surface area contributed by atoms with E-state index < -0.39 is 0 Å². The van der Waals surface area contributed by atoms with Gasteiger partial charge in [-0.1, -0.05) is 6.92 Å². The highest BCUT2D eigenvalue weighted by Gasteiger charge is 2.15. The molecule has 0 radical (unpaired) electrons. The van der Waals surface area contributed by atoms with E-state index in [2.05, 4.69) is 15.9 Å². The zero-order valence-electron chi connectivity index (χ0n) is 9.64. The number of nitro benzene ring substituents is 1. The molecule has 4 nitrogen and oxygen atoms in total. The Bertz CT molecular complexity index is 425. The van der Waals surface area contributed by atoms with Crippen molar-refractivity contribution in [1.82, 2.24) is 0 Å². The van der Waals surface area contributed by atoms with Crippen molar-refractivity contribution in [2.24, 2.45) is 0 Å². The first-order valence-corrected chi connectivity index (χ1v) is 6.85. The predicted molar refractivity (Wildman–Crippen MR) is 72.6 cm³/mol. The second kappa shape index (κ2) is 6.37. The Morgan fingerprint density at radius 2 is 2.24 bits per heavy atom. The molecular formula is C11H14BrNO3S. The van der Waals surface area contributed by atoms with Gasteiger partial charge in [0.05, 0.1) is 4.92 Å². The smallest absolute Gasteiger partial charge is 0.273 e. The van der Waals surface area contributed by atoms with E-state index in [1.54, 1.807) is 24.8 Å². The molecule has 1 rings (SSSR count). The summed E-state index contributed by atoms with van der Waals surface area (Å²) >= 11 is 4.94. The lowest BCUT2D eigenvalue weighted by molar-refractivity contribution is -0.385. The fraction of sp³-hybridized carbons (Fsp3) is 0.455. The number of rotatable bonds is 5. The van der Waals surface area contributed by atoms with Gasteiger partial charge in [-0.25, -0.2) is 0 Å². The molecule has 1 aromatic carbocycles. The van der Waals surface area contributed by atoms with Crippen molar-refractivity contribution in [3.05, 3.63) is 32.3 Å². The highest BCUT2D eigenvalue weighted by atomic mass is 79.9. The number of nitro groups is 1. The van der Waals surface area contributed by atoms with Gasteiger partial charge in [0.2, 0.25) is 0 Å². The van der Waals surface area contributed by atoms with Crippen molar-refractivity contribution in [2.75, 3.05) is 6.61 Å². The van der Waals surface area contributed by atoms with Gasteiger partial charge in [-0.15, -0.1) is 11.8 Å². The van der Waals surface area contributed by atoms with Crippen LogP contribution < -0.4 is 0 Å². The van der Waals surface area contributed by atoms with E-state index in [0.717, 1.165) is 9.37 Å². The maximum absolute atomic E-state index is 10.8. The number of thioether (sulfide) groups is 1. The van der Waals surface area contributed by atoms with Crippen LogP contribution in [0, 0.1) is 17.0 Å². The van der Waals surface area contributed by atoms with Crippen LogP contribution in [0.3, 0.4) is 0 Å². The Labute approximate surface area is 113 Å². The van der Waals surface area contributed by atoms with E-state index in [4.69, 9.17) is 5.11 Å². The molecule has 17 heavy (non-hydrogen) atoms. The van der Waals surface area contributed by atoms with E-state index in [1.807, 2.05) is 6.92 Å². The highest BCUT2D eigenvalue weighted by Crippen LogP contribution is 2.36. The first kappa shape index (κ1) is 14.5. The molecule has 1 atom stereocenters. The molecule has 0 aliphatic heterocycles. The van der Waals surface area contributed by atoms with Crippen molar-refractivity contribution in [3.8, 4) is 0 Å². The monoisotopic (exact) mass is 319 g/mol. The van der Waals surface area contributed by atoms with Gasteiger partial charge in [0.1, 0.15) is 0 Å². The summed E-state index contributed by atoms with van der Waals surface area (Å²) in [6.07, 6.45) is 0.702. The van der Waals surface area contributed by atoms with E-state index in [-0.39, 0.29) is 22.5 Å². The zero-order valence-corrected chi connectivity index (χ0v) is 12.0. The molecule has 94 valence electrons. The molecule has 0 fully saturated rings. The fourth-order valence-electron chi connectivity index (χ4n) is 1.39. The van der Waals surface area contributed by atoms with Crippen LogP contribution >= 0.6 is 27.7 Å². The largest absolute Gasteiger partial charge is 0.396 e. The molecule has 0 aliphatic rings. The molecule has 0 heterocycles. The third-order valence-electron chi connectivity index (χ3n) is 2.31. The minimum absolute atomic E-state index is 0.121. The summed E-state index contributed by atoms with van der Waals surface area (Å²) in [4.78, 5) is 11.3. The molecule has 0 bridgehead atoms. The molecular weight excluding hydrogens is 306 g/mol. The Morgan fingerprint density at radius 3 is 2.76 bits per heavy atom. The van der Waals surface area contributed by atoms with Gasteiger partial charge in [-0.3, -0.25) is 10.1 Å². The lowest BCUT2D eigenvalue weighted by atomic mass is 10.2. The van der Waals surface area contributed by atoms with Gasteiger partial charge in [-0.05, 0) is 35.3 Å². The van der Waals surface area contributed by atoms with Gasteiger partial charge in [0.25, 0.3) is 5.69 Å². The lowest BCUT2D eigenvalue weighted by Crippen LogP contribution is -2.00. The minimum Gasteiger partial charge on any atom is -0.396 e. The Kier molecular flexibility index (Phi) is 5.42. The third-order valence-corrected chi connectivity index (χ3v) is 4.46. The van der Waals surface area contributed by atoms with Crippen LogP contribution in [0.5, 0.6) is 0 Å². The minimum atomic E-state index is -0.383. The highest BCUT2D eigenvalue weighted by molar-refractivity contribution is 9.10. The molecule has 0 saturated heterocycles. The maximum atomic E-state index is 10.8. The molecule has 6 heteroatoms. The Hall–Kier alpha value is -0.590. The van der Waals surface area contributed by atoms with Crippen LogP contribution in [0.25, 0.3) is 0 Å². The van der Waals surface area contributed by atoms with E-state index in [9.17, 15) is 10.1 Å². The molecule has 0 saturated carbocycles. The average Bonchev–Trinajstić information content (AvgIpc) is 2.22. The summed E-state index contributed by atoms with van der Waals surface area (Å²) in [5, 5.41) is 19.9. The molecule has 0 spiro atoms. The first-order valence-electron chi connectivity index (χ1n) is 5.17. The topological polar surface area (TPSA) is 63.4 Å². The number of nitrogens with zero attached hydrogens (tertiary/aromatic N) is 1. The summed E-state index contributed by atoms with van der Waals surface area (Å²) in [6.45, 7) is 3.90. The Balaban J connectivity index is 2.95. The molecule has 0 aliphatic carbocycles. The molecule has 1 aromatic rings. The lowest BCUT2D eigenvalue weighted by Gasteiger charge is -2.11. The zero-order chi connectivity index (χ0) is 13.0. The second-order valence-corrected chi connectivity index (χ2v) is 6.10. The van der Waals surface area contributed by atoms with Crippen molar-refractivity contribution in [1.29, 1.82) is 0 Å². The molecule has 1 N–H and O–H groups in total. The summed E-state index contributed by atoms with van der Waals surface area (Å²) in [7, 11) is 0. The van der Waals surface area contributed by atoms with E-state index in [1.165, 1.54) is 6.07 Å². The van der Waals surface area contributed by atoms with Crippen molar-refractivity contribution < 1.29 is 10.0 Å². The SMILES string of the molecule is Cc1cc(SC(C)CCO)c(Br)cc1[N+](=O)[O-]. The van der Waals surface area contributed by atoms with Crippen LogP contribution in [0.2, 0.25) is 0 Å². The molecule has 0 amide bonds. The maximum Gasteiger partial charge on any atom is 0.273 e. The number of hydrogen-bond acceptors (Lipinski definition) is 4. The number of benzene rings is 1. The quantitative estimate of drug-likeness (QED) is 0.512. The van der Waals surface area contributed by atoms with Gasteiger partial charge >= 0.3 is 0 Å². The van der Waals surface area contributed by atoms with Crippen molar-refractivity contribution >= 4 is 33.4 Å². The van der Waals surface area contributed by atoms with Crippen LogP contribution in [-0.4, -0.2) is 21.9 Å². The van der Waals surface area contributed by atoms with Crippen LogP contribution in [0.4, 0.5) is 5.69 Å². The van der Waals surface area contributed by atoms with Crippen LogP contribution in [-0.2, 0) is 0 Å². The van der Waals surface area contributed by atoms with Crippen LogP contribution in [0.15, 0.2) is 21.5 Å². The number of aryl methyl sites for hydroxylation is 1. The van der Waals surface area contributed by atoms with Gasteiger partial charge in [0.15, 0.2) is 0 Å².